The van der Waals surface area contributed by atoms with E-state index in [2.05, 4.69) is 31.0 Å². The summed E-state index contributed by atoms with van der Waals surface area (Å²) in [6.07, 6.45) is -5.11. The molecule has 0 aliphatic carbocycles. The van der Waals surface area contributed by atoms with E-state index in [-0.39, 0.29) is 23.0 Å². The first-order valence-electron chi connectivity index (χ1n) is 10.1. The zero-order valence-electron chi connectivity index (χ0n) is 18.0. The summed E-state index contributed by atoms with van der Waals surface area (Å²) < 4.78 is 39.1. The Labute approximate surface area is 167 Å². The molecule has 1 heterocycles. The van der Waals surface area contributed by atoms with Crippen LogP contribution in [0.2, 0.25) is 0 Å². The van der Waals surface area contributed by atoms with Crippen LogP contribution < -0.4 is 5.32 Å². The van der Waals surface area contributed by atoms with E-state index in [0.29, 0.717) is 18.7 Å². The normalized spacial score (nSPS) is 18.3. The lowest BCUT2D eigenvalue weighted by Crippen LogP contribution is -2.45. The van der Waals surface area contributed by atoms with E-state index in [1.165, 1.54) is 0 Å². The van der Waals surface area contributed by atoms with Crippen molar-refractivity contribution < 1.29 is 18.3 Å². The van der Waals surface area contributed by atoms with Gasteiger partial charge in [0.1, 0.15) is 5.75 Å². The fraction of sp³-hybridized carbons (Fsp3) is 0.727. The molecule has 1 saturated heterocycles. The molecular weight excluding hydrogens is 365 g/mol. The lowest BCUT2D eigenvalue weighted by molar-refractivity contribution is -0.138. The second kappa shape index (κ2) is 8.23. The maximum absolute atomic E-state index is 13.0. The van der Waals surface area contributed by atoms with Crippen LogP contribution in [-0.2, 0) is 10.8 Å². The van der Waals surface area contributed by atoms with Gasteiger partial charge in [0.15, 0.2) is 0 Å². The molecule has 1 fully saturated rings. The van der Waals surface area contributed by atoms with E-state index in [4.69, 9.17) is 0 Å². The standard InChI is InChI=1S/C22H35F3N2O/c1-20(2,3)15-13-16(19(28)17(14-15)21(4,5)6)18(7-8-22(23,24)25)27-11-9-26-10-12-27/h13-14,18,26,28H,7-12H2,1-6H3/t18-/m1/s1. The second-order valence-corrected chi connectivity index (χ2v) is 9.92. The summed E-state index contributed by atoms with van der Waals surface area (Å²) in [7, 11) is 0. The molecule has 0 saturated carbocycles. The first-order valence-corrected chi connectivity index (χ1v) is 10.1. The van der Waals surface area contributed by atoms with Crippen LogP contribution in [0, 0.1) is 0 Å². The summed E-state index contributed by atoms with van der Waals surface area (Å²) in [4.78, 5) is 2.08. The first kappa shape index (κ1) is 23.0. The minimum atomic E-state index is -4.21. The predicted molar refractivity (Wildman–Crippen MR) is 108 cm³/mol. The average molecular weight is 401 g/mol. The van der Waals surface area contributed by atoms with Gasteiger partial charge in [-0.3, -0.25) is 4.90 Å². The van der Waals surface area contributed by atoms with Crippen molar-refractivity contribution in [3.05, 3.63) is 28.8 Å². The molecule has 2 rings (SSSR count). The van der Waals surface area contributed by atoms with Crippen LogP contribution in [0.15, 0.2) is 12.1 Å². The summed E-state index contributed by atoms with van der Waals surface area (Å²) in [6, 6.07) is 3.48. The van der Waals surface area contributed by atoms with E-state index >= 15 is 0 Å². The average Bonchev–Trinajstić information content (AvgIpc) is 2.54. The lowest BCUT2D eigenvalue weighted by atomic mass is 9.77. The predicted octanol–water partition coefficient (Wildman–Crippen LogP) is 5.28. The third kappa shape index (κ3) is 5.86. The molecule has 1 atom stereocenters. The molecule has 2 N–H and O–H groups in total. The number of rotatable bonds is 4. The Bertz CT molecular complexity index is 666. The maximum atomic E-state index is 13.0. The van der Waals surface area contributed by atoms with Crippen molar-refractivity contribution in [2.45, 2.75) is 77.4 Å². The van der Waals surface area contributed by atoms with Crippen molar-refractivity contribution >= 4 is 0 Å². The second-order valence-electron chi connectivity index (χ2n) is 9.92. The fourth-order valence-corrected chi connectivity index (χ4v) is 3.74. The van der Waals surface area contributed by atoms with Crippen molar-refractivity contribution in [2.24, 2.45) is 0 Å². The van der Waals surface area contributed by atoms with Crippen LogP contribution in [0.3, 0.4) is 0 Å². The highest BCUT2D eigenvalue weighted by Gasteiger charge is 2.34. The number of nitrogens with one attached hydrogen (secondary N) is 1. The molecule has 0 aromatic heterocycles. The zero-order valence-corrected chi connectivity index (χ0v) is 18.0. The van der Waals surface area contributed by atoms with Crippen LogP contribution in [0.1, 0.15) is 77.1 Å². The third-order valence-electron chi connectivity index (χ3n) is 5.47. The van der Waals surface area contributed by atoms with E-state index in [0.717, 1.165) is 24.2 Å². The van der Waals surface area contributed by atoms with Gasteiger partial charge in [-0.2, -0.15) is 13.2 Å². The van der Waals surface area contributed by atoms with Crippen molar-refractivity contribution in [3.8, 4) is 5.75 Å². The van der Waals surface area contributed by atoms with Gasteiger partial charge in [-0.15, -0.1) is 0 Å². The summed E-state index contributed by atoms with van der Waals surface area (Å²) in [5.41, 5.74) is 1.99. The Kier molecular flexibility index (Phi) is 6.76. The molecule has 28 heavy (non-hydrogen) atoms. The van der Waals surface area contributed by atoms with E-state index < -0.39 is 18.6 Å². The molecule has 0 radical (unpaired) electrons. The maximum Gasteiger partial charge on any atom is 0.389 e. The number of phenols is 1. The van der Waals surface area contributed by atoms with Crippen LogP contribution in [-0.4, -0.2) is 42.4 Å². The largest absolute Gasteiger partial charge is 0.507 e. The number of phenolic OH excluding ortho intramolecular Hbond substituents is 1. The number of benzene rings is 1. The molecule has 3 nitrogen and oxygen atoms in total. The van der Waals surface area contributed by atoms with Crippen molar-refractivity contribution in [2.75, 3.05) is 26.2 Å². The van der Waals surface area contributed by atoms with Crippen LogP contribution in [0.4, 0.5) is 13.2 Å². The molecule has 1 aromatic carbocycles. The van der Waals surface area contributed by atoms with Gasteiger partial charge in [0.2, 0.25) is 0 Å². The highest BCUT2D eigenvalue weighted by molar-refractivity contribution is 5.50. The number of alkyl halides is 3. The Hall–Kier alpha value is -1.27. The van der Waals surface area contributed by atoms with E-state index in [1.807, 2.05) is 32.9 Å². The van der Waals surface area contributed by atoms with Gasteiger partial charge in [0.05, 0.1) is 0 Å². The molecule has 0 spiro atoms. The number of nitrogens with zero attached hydrogens (tertiary/aromatic N) is 1. The smallest absolute Gasteiger partial charge is 0.389 e. The summed E-state index contributed by atoms with van der Waals surface area (Å²) in [5, 5.41) is 14.4. The van der Waals surface area contributed by atoms with Crippen molar-refractivity contribution in [1.82, 2.24) is 10.2 Å². The summed E-state index contributed by atoms with van der Waals surface area (Å²) in [6.45, 7) is 15.2. The molecule has 0 unspecified atom stereocenters. The van der Waals surface area contributed by atoms with Gasteiger partial charge in [-0.1, -0.05) is 47.6 Å². The SMILES string of the molecule is CC(C)(C)c1cc([C@@H](CCC(F)(F)F)N2CCNCC2)c(O)c(C(C)(C)C)c1. The Morgan fingerprint density at radius 1 is 1.00 bits per heavy atom. The number of piperazine rings is 1. The number of hydrogen-bond donors (Lipinski definition) is 2. The Morgan fingerprint density at radius 3 is 2.04 bits per heavy atom. The van der Waals surface area contributed by atoms with Gasteiger partial charge >= 0.3 is 6.18 Å². The summed E-state index contributed by atoms with van der Waals surface area (Å²) >= 11 is 0. The molecule has 160 valence electrons. The molecule has 6 heteroatoms. The Balaban J connectivity index is 2.58. The fourth-order valence-electron chi connectivity index (χ4n) is 3.74. The number of halogens is 3. The highest BCUT2D eigenvalue weighted by atomic mass is 19.4. The van der Waals surface area contributed by atoms with Crippen LogP contribution >= 0.6 is 0 Å². The monoisotopic (exact) mass is 400 g/mol. The lowest BCUT2D eigenvalue weighted by Gasteiger charge is -2.37. The van der Waals surface area contributed by atoms with Crippen molar-refractivity contribution in [1.29, 1.82) is 0 Å². The van der Waals surface area contributed by atoms with E-state index in [9.17, 15) is 18.3 Å². The number of hydrogen-bond acceptors (Lipinski definition) is 3. The molecule has 1 aliphatic rings. The minimum Gasteiger partial charge on any atom is -0.507 e. The molecular formula is C22H35F3N2O. The van der Waals surface area contributed by atoms with E-state index in [1.54, 1.807) is 0 Å². The van der Waals surface area contributed by atoms with Gasteiger partial charge in [-0.05, 0) is 34.4 Å². The quantitative estimate of drug-likeness (QED) is 0.722. The first-order chi connectivity index (χ1) is 12.7. The molecule has 1 aliphatic heterocycles. The zero-order chi connectivity index (χ0) is 21.3. The van der Waals surface area contributed by atoms with Gasteiger partial charge in [0, 0.05) is 44.2 Å². The van der Waals surface area contributed by atoms with Crippen molar-refractivity contribution in [3.63, 3.8) is 0 Å². The third-order valence-corrected chi connectivity index (χ3v) is 5.47. The van der Waals surface area contributed by atoms with Gasteiger partial charge in [0.25, 0.3) is 0 Å². The molecule has 1 aromatic rings. The van der Waals surface area contributed by atoms with Gasteiger partial charge < -0.3 is 10.4 Å². The topological polar surface area (TPSA) is 35.5 Å². The molecule has 0 amide bonds. The highest BCUT2D eigenvalue weighted by Crippen LogP contribution is 2.43. The minimum absolute atomic E-state index is 0.0474. The Morgan fingerprint density at radius 2 is 1.57 bits per heavy atom. The molecule has 0 bridgehead atoms. The van der Waals surface area contributed by atoms with Gasteiger partial charge in [-0.25, -0.2) is 0 Å². The van der Waals surface area contributed by atoms with Crippen LogP contribution in [0.5, 0.6) is 5.75 Å². The summed E-state index contributed by atoms with van der Waals surface area (Å²) in [5.74, 6) is 0.145. The number of aromatic hydroxyl groups is 1. The van der Waals surface area contributed by atoms with Crippen LogP contribution in [0.25, 0.3) is 0 Å².